The lowest BCUT2D eigenvalue weighted by atomic mass is 9.73. The van der Waals surface area contributed by atoms with E-state index in [9.17, 15) is 24.3 Å². The van der Waals surface area contributed by atoms with Gasteiger partial charge >= 0.3 is 0 Å². The molecule has 20 N–H and O–H groups in total. The Balaban J connectivity index is 0.747. The minimum atomic E-state index is -1.76. The quantitative estimate of drug-likeness (QED) is 0.0118. The molecule has 33 heteroatoms. The fourth-order valence-electron chi connectivity index (χ4n) is 20.2. The Hall–Kier alpha value is -11.9. The van der Waals surface area contributed by atoms with Crippen LogP contribution in [0.2, 0.25) is 0 Å². The average Bonchev–Trinajstić information content (AvgIpc) is 1.68. The molecule has 16 atom stereocenters. The summed E-state index contributed by atoms with van der Waals surface area (Å²) in [7, 11) is 4.38. The third kappa shape index (κ3) is 26.0. The average molecular weight is 1870 g/mol. The number of H-pyrrole nitrogens is 3. The second-order valence-corrected chi connectivity index (χ2v) is 39.0. The summed E-state index contributed by atoms with van der Waals surface area (Å²) in [5.41, 5.74) is 22.5. The molecule has 6 aromatic carbocycles. The van der Waals surface area contributed by atoms with Gasteiger partial charge in [0.1, 0.15) is 60.2 Å². The highest BCUT2D eigenvalue weighted by Gasteiger charge is 2.44. The molecule has 10 amide bonds. The van der Waals surface area contributed by atoms with Crippen molar-refractivity contribution >= 4 is 127 Å². The standard InChI is InChI=1S/C101H129N19O12S2/c1-60(121)91-100(132)117-82(45-61-23-8-4-9-24-61)92(124)105-42-39-81(113-93(125)78(110-88(123)59-134-57-65-44-74-72-32-21-37-77-90(72)68(53-109-77)50-87(74)120(3)55-65)34-15-7-14-29-69(122)58-133-56-64-43-73-71-31-20-36-76-89(71)67(52-108-76)49-86(73)119(2)54-64)95(127)111-80(38-22-41-106-101(103)104)94(126)114-83(46-62-25-10-5-11-26-62)97(129)115-84(47-63-27-12-6-13-28-63)98(130)116-85(48-66-51-107-75-33-17-16-30-70(66)75)99(131)112-79(96(128)118-91)35-18-19-40-102/h4-6,8-13,16-17,20-21,23-28,30-33,36-37,51-53,60,64-65,73-74,78-87,91,107-109,121H,7,14-15,18-19,22,29,34-35,38-50,54-59,102H2,1-3H3,(H,105,124)(H,110,123)(H,111,127)(H,112,131)(H,113,125)(H,114,126)(H,115,129)(H,116,130)(H,117,132)(H,118,128)(H4,103,104,106)/t60-,64-,65-,73-,74-,78+,79+,80+,81-,82+,83+,84+,85-,86-,87-,91+/m1/s1. The maximum atomic E-state index is 15.8. The molecule has 14 rings (SSSR count). The van der Waals surface area contributed by atoms with E-state index in [2.05, 4.69) is 146 Å². The SMILES string of the molecule is C[C@@H](O)[C@@H]1NC(=O)[C@H](CCCCN)NC(=O)[C@@H](Cc2c[nH]c3ccccc23)NC(=O)[C@H](Cc2ccccc2)NC(=O)[C@H](Cc2ccccc2)NC(=O)[C@H](CCCNC(=N)N)NC(=O)[C@H](NC(=O)[C@H](CCCCCC(=O)CSC[C@@H]2C[C@@H]3c4cccc5[nH]cc(c45)C[C@H]3N(C)C2)NC(=O)CSC[C@@H]2C[C@@H]3c4cccc5[nH]cc(c45)C[C@H]3N(C)C2)CCNC(=O)[C@H](Cc2ccccc2)NC1=O. The van der Waals surface area contributed by atoms with E-state index in [1.165, 1.54) is 57.2 Å². The molecule has 0 radical (unpaired) electrons. The molecule has 6 heterocycles. The number of carbonyl (C=O) groups excluding carboxylic acids is 11. The Morgan fingerprint density at radius 3 is 1.54 bits per heavy atom. The largest absolute Gasteiger partial charge is 0.391 e. The van der Waals surface area contributed by atoms with Crippen LogP contribution in [0.25, 0.3) is 32.7 Å². The predicted octanol–water partition coefficient (Wildman–Crippen LogP) is 6.36. The van der Waals surface area contributed by atoms with E-state index in [1.54, 1.807) is 109 Å². The molecule has 3 fully saturated rings. The third-order valence-electron chi connectivity index (χ3n) is 27.0. The number of para-hydroxylation sites is 1. The van der Waals surface area contributed by atoms with Gasteiger partial charge in [0, 0.05) is 134 Å². The fraction of sp³-hybridized carbons (Fsp3) is 0.465. The van der Waals surface area contributed by atoms with Gasteiger partial charge in [-0.05, 0) is 191 Å². The molecule has 9 aromatic rings. The van der Waals surface area contributed by atoms with Crippen molar-refractivity contribution in [2.75, 3.05) is 69.8 Å². The number of aliphatic hydroxyl groups is 1. The molecule has 0 spiro atoms. The van der Waals surface area contributed by atoms with Gasteiger partial charge in [0.05, 0.1) is 17.6 Å². The zero-order valence-electron chi connectivity index (χ0n) is 76.5. The number of carbonyl (C=O) groups is 11. The first kappa shape index (κ1) is 98.1. The van der Waals surface area contributed by atoms with Gasteiger partial charge in [-0.2, -0.15) is 23.5 Å². The lowest BCUT2D eigenvalue weighted by molar-refractivity contribution is -0.137. The number of guanidine groups is 1. The Labute approximate surface area is 790 Å². The topological polar surface area (TPSA) is 470 Å². The van der Waals surface area contributed by atoms with Crippen LogP contribution in [0.4, 0.5) is 0 Å². The van der Waals surface area contributed by atoms with E-state index in [4.69, 9.17) is 16.9 Å². The zero-order valence-corrected chi connectivity index (χ0v) is 78.1. The Bertz CT molecular complexity index is 5580. The molecule has 0 bridgehead atoms. The van der Waals surface area contributed by atoms with Crippen LogP contribution >= 0.6 is 23.5 Å². The number of likely N-dealkylation sites (N-methyl/N-ethyl adjacent to an activating group) is 2. The van der Waals surface area contributed by atoms with Gasteiger partial charge < -0.3 is 99.8 Å². The number of nitrogens with zero attached hydrogens (tertiary/aromatic N) is 2. The second kappa shape index (κ2) is 47.3. The van der Waals surface area contributed by atoms with E-state index in [0.29, 0.717) is 96.2 Å². The number of unbranched alkanes of at least 4 members (excludes halogenated alkanes) is 3. The number of hydrogen-bond acceptors (Lipinski definition) is 18. The molecule has 3 saturated heterocycles. The van der Waals surface area contributed by atoms with Crippen LogP contribution in [0, 0.1) is 17.2 Å². The van der Waals surface area contributed by atoms with Crippen molar-refractivity contribution in [1.82, 2.24) is 83.2 Å². The van der Waals surface area contributed by atoms with E-state index < -0.39 is 120 Å². The number of nitrogens with one attached hydrogen (secondary N) is 15. The van der Waals surface area contributed by atoms with Crippen LogP contribution < -0.4 is 70.0 Å². The summed E-state index contributed by atoms with van der Waals surface area (Å²) in [6.45, 7) is 2.91. The Kier molecular flexibility index (Phi) is 34.7. The number of nitrogens with two attached hydrogens (primary N) is 2. The van der Waals surface area contributed by atoms with E-state index in [1.807, 2.05) is 24.3 Å². The van der Waals surface area contributed by atoms with Gasteiger partial charge in [0.2, 0.25) is 59.1 Å². The van der Waals surface area contributed by atoms with Crippen LogP contribution in [-0.2, 0) is 91.3 Å². The Morgan fingerprint density at radius 1 is 0.515 bits per heavy atom. The smallest absolute Gasteiger partial charge is 0.245 e. The highest BCUT2D eigenvalue weighted by atomic mass is 32.2. The minimum Gasteiger partial charge on any atom is -0.391 e. The number of rotatable bonds is 34. The number of ketones is 1. The van der Waals surface area contributed by atoms with Crippen molar-refractivity contribution in [3.8, 4) is 0 Å². The van der Waals surface area contributed by atoms with Crippen molar-refractivity contribution in [3.05, 3.63) is 215 Å². The van der Waals surface area contributed by atoms with Crippen LogP contribution in [0.3, 0.4) is 0 Å². The number of benzene rings is 6. The molecule has 0 saturated carbocycles. The number of aliphatic hydroxyl groups excluding tert-OH is 1. The first-order valence-electron chi connectivity index (χ1n) is 47.3. The molecule has 31 nitrogen and oxygen atoms in total. The van der Waals surface area contributed by atoms with E-state index in [-0.39, 0.29) is 107 Å². The van der Waals surface area contributed by atoms with Crippen molar-refractivity contribution in [3.63, 3.8) is 0 Å². The Morgan fingerprint density at radius 2 is 0.993 bits per heavy atom. The summed E-state index contributed by atoms with van der Waals surface area (Å²) in [5.74, 6) is -5.36. The number of aromatic nitrogens is 3. The molecule has 712 valence electrons. The lowest BCUT2D eigenvalue weighted by Crippen LogP contribution is -2.62. The highest BCUT2D eigenvalue weighted by Crippen LogP contribution is 2.47. The summed E-state index contributed by atoms with van der Waals surface area (Å²) in [6.07, 6.45) is 9.58. The number of fused-ring (bicyclic) bond motifs is 5. The second-order valence-electron chi connectivity index (χ2n) is 36.9. The van der Waals surface area contributed by atoms with Gasteiger partial charge in [0.15, 0.2) is 5.96 Å². The maximum absolute atomic E-state index is 15.8. The monoisotopic (exact) mass is 1860 g/mol. The lowest BCUT2D eigenvalue weighted by Gasteiger charge is -2.45. The van der Waals surface area contributed by atoms with Crippen molar-refractivity contribution in [2.24, 2.45) is 23.3 Å². The van der Waals surface area contributed by atoms with Gasteiger partial charge in [-0.25, -0.2) is 0 Å². The van der Waals surface area contributed by atoms with E-state index in [0.717, 1.165) is 60.9 Å². The maximum Gasteiger partial charge on any atom is 0.245 e. The van der Waals surface area contributed by atoms with Crippen LogP contribution in [0.15, 0.2) is 170 Å². The zero-order chi connectivity index (χ0) is 94.3. The summed E-state index contributed by atoms with van der Waals surface area (Å²) in [6, 6.07) is 33.8. The van der Waals surface area contributed by atoms with Gasteiger partial charge in [-0.1, -0.05) is 146 Å². The number of aromatic amines is 3. The first-order valence-corrected chi connectivity index (χ1v) is 49.6. The molecule has 3 aliphatic heterocycles. The molecular weight excluding hydrogens is 1740 g/mol. The van der Waals surface area contributed by atoms with Crippen LogP contribution in [0.5, 0.6) is 0 Å². The van der Waals surface area contributed by atoms with Crippen LogP contribution in [-0.4, -0.2) is 243 Å². The number of amides is 10. The van der Waals surface area contributed by atoms with Crippen molar-refractivity contribution in [1.29, 1.82) is 5.41 Å². The molecular formula is C101H129N19O12S2. The minimum absolute atomic E-state index is 0.00843. The fourth-order valence-corrected chi connectivity index (χ4v) is 22.2. The molecule has 0 unspecified atom stereocenters. The summed E-state index contributed by atoms with van der Waals surface area (Å²) < 4.78 is 0. The number of hydrogen-bond donors (Lipinski definition) is 18. The molecule has 2 aliphatic carbocycles. The number of thioether (sulfide) groups is 2. The van der Waals surface area contributed by atoms with Crippen LogP contribution in [0.1, 0.15) is 147 Å². The highest BCUT2D eigenvalue weighted by molar-refractivity contribution is 8.00. The third-order valence-corrected chi connectivity index (χ3v) is 29.4. The number of Topliss-reactive ketones (excluding diaryl/α,β-unsaturated/α-hetero) is 1. The normalized spacial score (nSPS) is 24.2. The molecule has 3 aromatic heterocycles. The first-order chi connectivity index (χ1) is 64.9. The predicted molar refractivity (Wildman–Crippen MR) is 522 cm³/mol. The van der Waals surface area contributed by atoms with E-state index >= 15 is 33.6 Å². The summed E-state index contributed by atoms with van der Waals surface area (Å²) in [5, 5.41) is 54.2. The number of likely N-dealkylation sites (tertiary alicyclic amines) is 2. The summed E-state index contributed by atoms with van der Waals surface area (Å²) in [4.78, 5) is 182. The molecule has 5 aliphatic rings. The molecule has 134 heavy (non-hydrogen) atoms. The van der Waals surface area contributed by atoms with Gasteiger partial charge in [-0.15, -0.1) is 0 Å². The van der Waals surface area contributed by atoms with Crippen molar-refractivity contribution in [2.45, 2.75) is 213 Å². The summed E-state index contributed by atoms with van der Waals surface area (Å²) >= 11 is 3.15. The van der Waals surface area contributed by atoms with Crippen molar-refractivity contribution < 1.29 is 57.8 Å². The number of piperidine rings is 2. The van der Waals surface area contributed by atoms with Gasteiger partial charge in [-0.3, -0.25) is 58.1 Å². The van der Waals surface area contributed by atoms with Gasteiger partial charge in [0.25, 0.3) is 0 Å².